The Kier molecular flexibility index (Phi) is 3.13. The Balaban J connectivity index is 1.90. The molecule has 2 heterocycles. The summed E-state index contributed by atoms with van der Waals surface area (Å²) in [4.78, 5) is 0. The van der Waals surface area contributed by atoms with Gasteiger partial charge in [-0.1, -0.05) is 41.7 Å². The third-order valence-corrected chi connectivity index (χ3v) is 4.14. The van der Waals surface area contributed by atoms with Gasteiger partial charge in [-0.2, -0.15) is 0 Å². The van der Waals surface area contributed by atoms with Gasteiger partial charge in [0.2, 0.25) is 0 Å². The maximum Gasteiger partial charge on any atom is 0.151 e. The van der Waals surface area contributed by atoms with Crippen LogP contribution in [0.25, 0.3) is 10.6 Å². The second-order valence-corrected chi connectivity index (χ2v) is 5.18. The molecule has 5 heteroatoms. The standard InChI is InChI=1S/C13H9ClN2OS/c14-11(9-4-2-1-3-5-9)13-16-15-12(18-13)10-6-7-17-8-10/h1-8,11H. The molecule has 0 aliphatic carbocycles. The van der Waals surface area contributed by atoms with Gasteiger partial charge < -0.3 is 4.42 Å². The molecule has 0 fully saturated rings. The Labute approximate surface area is 113 Å². The first-order valence-corrected chi connectivity index (χ1v) is 6.65. The van der Waals surface area contributed by atoms with Crippen molar-refractivity contribution in [1.82, 2.24) is 10.2 Å². The average Bonchev–Trinajstić information content (AvgIpc) is 3.09. The van der Waals surface area contributed by atoms with Crippen LogP contribution in [0.1, 0.15) is 15.9 Å². The minimum Gasteiger partial charge on any atom is -0.472 e. The molecular weight excluding hydrogens is 268 g/mol. The maximum atomic E-state index is 6.39. The first-order chi connectivity index (χ1) is 8.84. The van der Waals surface area contributed by atoms with Crippen LogP contribution in [0.2, 0.25) is 0 Å². The van der Waals surface area contributed by atoms with Gasteiger partial charge in [0.15, 0.2) is 5.01 Å². The van der Waals surface area contributed by atoms with Crippen molar-refractivity contribution in [3.8, 4) is 10.6 Å². The van der Waals surface area contributed by atoms with Gasteiger partial charge in [-0.15, -0.1) is 21.8 Å². The van der Waals surface area contributed by atoms with E-state index in [4.69, 9.17) is 16.0 Å². The molecule has 18 heavy (non-hydrogen) atoms. The van der Waals surface area contributed by atoms with Crippen LogP contribution in [-0.4, -0.2) is 10.2 Å². The topological polar surface area (TPSA) is 38.9 Å². The number of rotatable bonds is 3. The van der Waals surface area contributed by atoms with E-state index < -0.39 is 0 Å². The fraction of sp³-hybridized carbons (Fsp3) is 0.0769. The van der Waals surface area contributed by atoms with Gasteiger partial charge >= 0.3 is 0 Å². The van der Waals surface area contributed by atoms with E-state index in [1.807, 2.05) is 36.4 Å². The second-order valence-electron chi connectivity index (χ2n) is 3.73. The van der Waals surface area contributed by atoms with E-state index in [-0.39, 0.29) is 5.38 Å². The summed E-state index contributed by atoms with van der Waals surface area (Å²) in [6.07, 6.45) is 3.27. The lowest BCUT2D eigenvalue weighted by Gasteiger charge is -2.04. The van der Waals surface area contributed by atoms with Crippen LogP contribution in [0.3, 0.4) is 0 Å². The number of furan rings is 1. The molecule has 0 saturated carbocycles. The predicted octanol–water partition coefficient (Wildman–Crippen LogP) is 4.13. The van der Waals surface area contributed by atoms with Gasteiger partial charge in [-0.25, -0.2) is 0 Å². The van der Waals surface area contributed by atoms with Crippen LogP contribution in [0.15, 0.2) is 53.3 Å². The van der Waals surface area contributed by atoms with Crippen molar-refractivity contribution in [2.45, 2.75) is 5.38 Å². The van der Waals surface area contributed by atoms with E-state index in [9.17, 15) is 0 Å². The predicted molar refractivity (Wildman–Crippen MR) is 71.7 cm³/mol. The molecule has 3 rings (SSSR count). The Morgan fingerprint density at radius 2 is 1.94 bits per heavy atom. The second kappa shape index (κ2) is 4.92. The number of benzene rings is 1. The summed E-state index contributed by atoms with van der Waals surface area (Å²) < 4.78 is 5.03. The molecule has 2 aromatic heterocycles. The molecule has 0 spiro atoms. The molecule has 3 nitrogen and oxygen atoms in total. The van der Waals surface area contributed by atoms with E-state index in [2.05, 4.69) is 10.2 Å². The summed E-state index contributed by atoms with van der Waals surface area (Å²) in [6.45, 7) is 0. The number of hydrogen-bond acceptors (Lipinski definition) is 4. The van der Waals surface area contributed by atoms with Crippen LogP contribution in [-0.2, 0) is 0 Å². The molecule has 90 valence electrons. The van der Waals surface area contributed by atoms with E-state index in [0.717, 1.165) is 21.1 Å². The van der Waals surface area contributed by atoms with Crippen molar-refractivity contribution in [2.75, 3.05) is 0 Å². The van der Waals surface area contributed by atoms with Crippen molar-refractivity contribution in [3.63, 3.8) is 0 Å². The number of halogens is 1. The average molecular weight is 277 g/mol. The van der Waals surface area contributed by atoms with Gasteiger partial charge in [0.25, 0.3) is 0 Å². The molecule has 0 aliphatic heterocycles. The molecule has 0 radical (unpaired) electrons. The van der Waals surface area contributed by atoms with Gasteiger partial charge in [-0.05, 0) is 11.6 Å². The molecule has 0 N–H and O–H groups in total. The van der Waals surface area contributed by atoms with E-state index in [1.54, 1.807) is 12.5 Å². The van der Waals surface area contributed by atoms with Crippen LogP contribution in [0.5, 0.6) is 0 Å². The fourth-order valence-corrected chi connectivity index (χ4v) is 2.76. The Bertz CT molecular complexity index is 622. The largest absolute Gasteiger partial charge is 0.472 e. The molecule has 1 atom stereocenters. The third kappa shape index (κ3) is 2.17. The van der Waals surface area contributed by atoms with E-state index >= 15 is 0 Å². The minimum atomic E-state index is -0.260. The zero-order chi connectivity index (χ0) is 12.4. The zero-order valence-corrected chi connectivity index (χ0v) is 10.9. The van der Waals surface area contributed by atoms with Crippen molar-refractivity contribution in [1.29, 1.82) is 0 Å². The summed E-state index contributed by atoms with van der Waals surface area (Å²) in [7, 11) is 0. The van der Waals surface area contributed by atoms with Gasteiger partial charge in [0, 0.05) is 0 Å². The fourth-order valence-electron chi connectivity index (χ4n) is 1.60. The highest BCUT2D eigenvalue weighted by atomic mass is 35.5. The number of aromatic nitrogens is 2. The Morgan fingerprint density at radius 1 is 1.11 bits per heavy atom. The molecule has 0 saturated heterocycles. The highest BCUT2D eigenvalue weighted by Crippen LogP contribution is 2.33. The van der Waals surface area contributed by atoms with Crippen LogP contribution >= 0.6 is 22.9 Å². The lowest BCUT2D eigenvalue weighted by Crippen LogP contribution is -1.91. The first-order valence-electron chi connectivity index (χ1n) is 5.39. The van der Waals surface area contributed by atoms with Crippen molar-refractivity contribution in [3.05, 3.63) is 59.5 Å². The lowest BCUT2D eigenvalue weighted by molar-refractivity contribution is 0.568. The molecule has 1 unspecified atom stereocenters. The van der Waals surface area contributed by atoms with Crippen LogP contribution < -0.4 is 0 Å². The Hall–Kier alpha value is -1.65. The molecule has 3 aromatic rings. The van der Waals surface area contributed by atoms with Gasteiger partial charge in [0.1, 0.15) is 16.6 Å². The summed E-state index contributed by atoms with van der Waals surface area (Å²) >= 11 is 7.87. The molecule has 0 aliphatic rings. The van der Waals surface area contributed by atoms with Crippen LogP contribution in [0.4, 0.5) is 0 Å². The summed E-state index contributed by atoms with van der Waals surface area (Å²) in [6, 6.07) is 11.7. The molecule has 1 aromatic carbocycles. The summed E-state index contributed by atoms with van der Waals surface area (Å²) in [5.41, 5.74) is 1.95. The Morgan fingerprint density at radius 3 is 2.67 bits per heavy atom. The SMILES string of the molecule is ClC(c1ccccc1)c1nnc(-c2ccoc2)s1. The molecular formula is C13H9ClN2OS. The third-order valence-electron chi connectivity index (χ3n) is 2.52. The van der Waals surface area contributed by atoms with Gasteiger partial charge in [-0.3, -0.25) is 0 Å². The zero-order valence-electron chi connectivity index (χ0n) is 9.29. The summed E-state index contributed by atoms with van der Waals surface area (Å²) in [5, 5.41) is 9.62. The van der Waals surface area contributed by atoms with E-state index in [0.29, 0.717) is 0 Å². The minimum absolute atomic E-state index is 0.260. The van der Waals surface area contributed by atoms with E-state index in [1.165, 1.54) is 11.3 Å². The number of nitrogens with zero attached hydrogens (tertiary/aromatic N) is 2. The lowest BCUT2D eigenvalue weighted by atomic mass is 10.1. The smallest absolute Gasteiger partial charge is 0.151 e. The quantitative estimate of drug-likeness (QED) is 0.675. The van der Waals surface area contributed by atoms with Crippen molar-refractivity contribution >= 4 is 22.9 Å². The highest BCUT2D eigenvalue weighted by molar-refractivity contribution is 7.15. The molecule has 0 amide bonds. The maximum absolute atomic E-state index is 6.39. The first kappa shape index (κ1) is 11.4. The van der Waals surface area contributed by atoms with Gasteiger partial charge in [0.05, 0.1) is 11.8 Å². The van der Waals surface area contributed by atoms with Crippen molar-refractivity contribution in [2.24, 2.45) is 0 Å². The van der Waals surface area contributed by atoms with Crippen molar-refractivity contribution < 1.29 is 4.42 Å². The summed E-state index contributed by atoms with van der Waals surface area (Å²) in [5.74, 6) is 0. The number of hydrogen-bond donors (Lipinski definition) is 0. The molecule has 0 bridgehead atoms. The van der Waals surface area contributed by atoms with Crippen LogP contribution in [0, 0.1) is 0 Å². The highest BCUT2D eigenvalue weighted by Gasteiger charge is 2.16. The number of alkyl halides is 1. The monoisotopic (exact) mass is 276 g/mol. The normalized spacial score (nSPS) is 12.5.